The van der Waals surface area contributed by atoms with Gasteiger partial charge in [0, 0.05) is 5.56 Å². The number of carbonyl (C=O) groups is 1. The number of nitrogens with two attached hydrogens (primary N) is 1. The fourth-order valence-electron chi connectivity index (χ4n) is 2.58. The Labute approximate surface area is 151 Å². The van der Waals surface area contributed by atoms with Crippen molar-refractivity contribution in [3.8, 4) is 17.0 Å². The quantitative estimate of drug-likeness (QED) is 0.685. The molecule has 0 fully saturated rings. The average Bonchev–Trinajstić information content (AvgIpc) is 2.61. The molecule has 134 valence electrons. The fraction of sp³-hybridized carbons (Fsp3) is 0.211. The molecule has 3 rings (SSSR count). The van der Waals surface area contributed by atoms with Gasteiger partial charge in [-0.25, -0.2) is 10.5 Å². The van der Waals surface area contributed by atoms with Crippen molar-refractivity contribution in [3.05, 3.63) is 48.0 Å². The van der Waals surface area contributed by atoms with E-state index in [-0.39, 0.29) is 18.0 Å². The summed E-state index contributed by atoms with van der Waals surface area (Å²) in [5.41, 5.74) is 11.2. The molecule has 3 aromatic rings. The third-order valence-electron chi connectivity index (χ3n) is 3.70. The number of hydrogen-bond donors (Lipinski definition) is 2. The molecule has 7 heteroatoms. The molecule has 7 nitrogen and oxygen atoms in total. The van der Waals surface area contributed by atoms with E-state index in [9.17, 15) is 4.79 Å². The van der Waals surface area contributed by atoms with Crippen LogP contribution < -0.4 is 16.0 Å². The molecule has 26 heavy (non-hydrogen) atoms. The number of hydroxylamine groups is 1. The third kappa shape index (κ3) is 3.73. The Hall–Kier alpha value is -3.19. The minimum absolute atomic E-state index is 0.0327. The predicted octanol–water partition coefficient (Wildman–Crippen LogP) is 2.96. The number of carbonyl (C=O) groups excluding carboxylic acids is 1. The van der Waals surface area contributed by atoms with Crippen LogP contribution >= 0.6 is 0 Å². The van der Waals surface area contributed by atoms with Crippen molar-refractivity contribution in [1.29, 1.82) is 0 Å². The molecule has 0 atom stereocenters. The van der Waals surface area contributed by atoms with Crippen molar-refractivity contribution in [2.45, 2.75) is 20.0 Å². The lowest BCUT2D eigenvalue weighted by molar-refractivity contribution is 0.0537. The van der Waals surface area contributed by atoms with Crippen molar-refractivity contribution in [3.63, 3.8) is 0 Å². The van der Waals surface area contributed by atoms with E-state index in [1.165, 1.54) is 7.11 Å². The molecule has 0 aliphatic rings. The molecule has 0 radical (unpaired) electrons. The summed E-state index contributed by atoms with van der Waals surface area (Å²) < 4.78 is 5.78. The van der Waals surface area contributed by atoms with E-state index in [2.05, 4.69) is 20.3 Å². The highest BCUT2D eigenvalue weighted by molar-refractivity contribution is 5.94. The molecule has 1 amide bonds. The van der Waals surface area contributed by atoms with Gasteiger partial charge in [0.05, 0.1) is 24.1 Å². The summed E-state index contributed by atoms with van der Waals surface area (Å²) in [6.45, 7) is 3.86. The van der Waals surface area contributed by atoms with Crippen molar-refractivity contribution >= 4 is 22.8 Å². The van der Waals surface area contributed by atoms with Gasteiger partial charge in [-0.2, -0.15) is 4.98 Å². The Morgan fingerprint density at radius 1 is 1.08 bits per heavy atom. The number of fused-ring (bicyclic) bond motifs is 1. The zero-order valence-electron chi connectivity index (χ0n) is 14.8. The number of nitrogens with one attached hydrogen (secondary N) is 1. The van der Waals surface area contributed by atoms with E-state index < -0.39 is 0 Å². The molecular formula is C19H20N4O3. The summed E-state index contributed by atoms with van der Waals surface area (Å²) in [6, 6.07) is 13.0. The summed E-state index contributed by atoms with van der Waals surface area (Å²) in [7, 11) is 1.40. The highest BCUT2D eigenvalue weighted by atomic mass is 16.6. The first-order chi connectivity index (χ1) is 12.5. The SMILES string of the molecule is CONC(=O)c1ccc(-c2ccc3nc(N)nc(OC(C)C)c3c2)cc1. The largest absolute Gasteiger partial charge is 0.474 e. The maximum atomic E-state index is 11.8. The van der Waals surface area contributed by atoms with Crippen molar-refractivity contribution in [1.82, 2.24) is 15.4 Å². The second-order valence-electron chi connectivity index (χ2n) is 6.00. The van der Waals surface area contributed by atoms with Gasteiger partial charge in [-0.05, 0) is 49.2 Å². The molecule has 0 aliphatic heterocycles. The van der Waals surface area contributed by atoms with Crippen LogP contribution in [0.2, 0.25) is 0 Å². The van der Waals surface area contributed by atoms with E-state index in [0.29, 0.717) is 17.0 Å². The topological polar surface area (TPSA) is 99.4 Å². The van der Waals surface area contributed by atoms with Gasteiger partial charge in [0.25, 0.3) is 5.91 Å². The molecule has 0 spiro atoms. The lowest BCUT2D eigenvalue weighted by Crippen LogP contribution is -2.21. The van der Waals surface area contributed by atoms with E-state index in [4.69, 9.17) is 10.5 Å². The Morgan fingerprint density at radius 3 is 2.42 bits per heavy atom. The molecule has 0 aliphatic carbocycles. The zero-order valence-corrected chi connectivity index (χ0v) is 14.8. The number of rotatable bonds is 5. The Kier molecular flexibility index (Phi) is 4.99. The standard InChI is InChI=1S/C19H20N4O3/c1-11(2)26-18-15-10-14(8-9-16(15)21-19(20)22-18)12-4-6-13(7-5-12)17(24)23-25-3/h4-11H,1-3H3,(H,23,24)(H2,20,21,22). The first-order valence-corrected chi connectivity index (χ1v) is 8.15. The average molecular weight is 352 g/mol. The predicted molar refractivity (Wildman–Crippen MR) is 99.6 cm³/mol. The normalized spacial score (nSPS) is 10.9. The molecule has 0 bridgehead atoms. The first kappa shape index (κ1) is 17.6. The third-order valence-corrected chi connectivity index (χ3v) is 3.70. The Morgan fingerprint density at radius 2 is 1.77 bits per heavy atom. The highest BCUT2D eigenvalue weighted by Gasteiger charge is 2.11. The van der Waals surface area contributed by atoms with Gasteiger partial charge in [0.2, 0.25) is 11.8 Å². The van der Waals surface area contributed by atoms with E-state index in [0.717, 1.165) is 16.5 Å². The van der Waals surface area contributed by atoms with Crippen LogP contribution in [0, 0.1) is 0 Å². The minimum atomic E-state index is -0.297. The summed E-state index contributed by atoms with van der Waals surface area (Å²) >= 11 is 0. The number of nitrogen functional groups attached to an aromatic ring is 1. The lowest BCUT2D eigenvalue weighted by atomic mass is 10.0. The summed E-state index contributed by atoms with van der Waals surface area (Å²) in [4.78, 5) is 24.9. The van der Waals surface area contributed by atoms with Crippen LogP contribution in [0.25, 0.3) is 22.0 Å². The van der Waals surface area contributed by atoms with Gasteiger partial charge in [0.15, 0.2) is 0 Å². The van der Waals surface area contributed by atoms with Gasteiger partial charge in [-0.15, -0.1) is 0 Å². The number of benzene rings is 2. The lowest BCUT2D eigenvalue weighted by Gasteiger charge is -2.12. The Balaban J connectivity index is 2.00. The van der Waals surface area contributed by atoms with Crippen molar-refractivity contribution in [2.75, 3.05) is 12.8 Å². The Bertz CT molecular complexity index is 939. The molecule has 0 unspecified atom stereocenters. The van der Waals surface area contributed by atoms with Crippen LogP contribution in [0.15, 0.2) is 42.5 Å². The van der Waals surface area contributed by atoms with Crippen molar-refractivity contribution < 1.29 is 14.4 Å². The minimum Gasteiger partial charge on any atom is -0.474 e. The van der Waals surface area contributed by atoms with Crippen LogP contribution in [0.1, 0.15) is 24.2 Å². The van der Waals surface area contributed by atoms with Crippen LogP contribution in [0.4, 0.5) is 5.95 Å². The van der Waals surface area contributed by atoms with Gasteiger partial charge in [-0.1, -0.05) is 18.2 Å². The molecule has 0 saturated heterocycles. The second-order valence-corrected chi connectivity index (χ2v) is 6.00. The molecule has 2 aromatic carbocycles. The highest BCUT2D eigenvalue weighted by Crippen LogP contribution is 2.29. The van der Waals surface area contributed by atoms with Crippen LogP contribution in [0.3, 0.4) is 0 Å². The molecular weight excluding hydrogens is 332 g/mol. The maximum Gasteiger partial charge on any atom is 0.274 e. The first-order valence-electron chi connectivity index (χ1n) is 8.15. The van der Waals surface area contributed by atoms with E-state index in [1.807, 2.05) is 44.2 Å². The van der Waals surface area contributed by atoms with Gasteiger partial charge < -0.3 is 10.5 Å². The smallest absolute Gasteiger partial charge is 0.274 e. The van der Waals surface area contributed by atoms with Gasteiger partial charge in [-0.3, -0.25) is 9.63 Å². The number of hydrogen-bond acceptors (Lipinski definition) is 6. The molecule has 1 aromatic heterocycles. The number of aromatic nitrogens is 2. The fourth-order valence-corrected chi connectivity index (χ4v) is 2.58. The second kappa shape index (κ2) is 7.37. The van der Waals surface area contributed by atoms with E-state index >= 15 is 0 Å². The number of ether oxygens (including phenoxy) is 1. The van der Waals surface area contributed by atoms with Crippen LogP contribution in [-0.2, 0) is 4.84 Å². The monoisotopic (exact) mass is 352 g/mol. The van der Waals surface area contributed by atoms with E-state index in [1.54, 1.807) is 12.1 Å². The summed E-state index contributed by atoms with van der Waals surface area (Å²) in [5, 5.41) is 0.784. The van der Waals surface area contributed by atoms with Gasteiger partial charge >= 0.3 is 0 Å². The molecule has 0 saturated carbocycles. The molecule has 1 heterocycles. The number of nitrogens with zero attached hydrogens (tertiary/aromatic N) is 2. The summed E-state index contributed by atoms with van der Waals surface area (Å²) in [5.74, 6) is 0.337. The number of anilines is 1. The van der Waals surface area contributed by atoms with Crippen molar-refractivity contribution in [2.24, 2.45) is 0 Å². The number of amides is 1. The maximum absolute atomic E-state index is 11.8. The van der Waals surface area contributed by atoms with Crippen LogP contribution in [-0.4, -0.2) is 29.1 Å². The zero-order chi connectivity index (χ0) is 18.7. The van der Waals surface area contributed by atoms with Gasteiger partial charge in [0.1, 0.15) is 0 Å². The van der Waals surface area contributed by atoms with Crippen LogP contribution in [0.5, 0.6) is 5.88 Å². The molecule has 3 N–H and O–H groups in total. The summed E-state index contributed by atoms with van der Waals surface area (Å²) in [6.07, 6.45) is -0.0327.